The van der Waals surface area contributed by atoms with E-state index in [0.29, 0.717) is 49.6 Å². The lowest BCUT2D eigenvalue weighted by Gasteiger charge is -2.65. The number of ether oxygens (including phenoxy) is 4. The first-order chi connectivity index (χ1) is 30.9. The molecule has 2 unspecified atom stereocenters. The van der Waals surface area contributed by atoms with Crippen LogP contribution in [0, 0.1) is 40.4 Å². The molecule has 0 bridgehead atoms. The Morgan fingerprint density at radius 2 is 1.47 bits per heavy atom. The van der Waals surface area contributed by atoms with Gasteiger partial charge in [-0.05, 0) is 130 Å². The van der Waals surface area contributed by atoms with Crippen LogP contribution in [0.1, 0.15) is 216 Å². The highest BCUT2D eigenvalue weighted by atomic mass is 16.6. The fourth-order valence-electron chi connectivity index (χ4n) is 13.0. The number of hydrogen-bond acceptors (Lipinski definition) is 6. The van der Waals surface area contributed by atoms with Crippen molar-refractivity contribution in [1.29, 1.82) is 0 Å². The smallest absolute Gasteiger partial charge is 0.0936 e. The Bertz CT molecular complexity index is 1330. The number of fused-ring (bicyclic) bond motifs is 3. The minimum absolute atomic E-state index is 0.0616. The van der Waals surface area contributed by atoms with Crippen LogP contribution in [-0.2, 0) is 18.9 Å². The number of methoxy groups -OCH3 is 1. The minimum Gasteiger partial charge on any atom is -0.380 e. The van der Waals surface area contributed by atoms with Crippen molar-refractivity contribution in [2.24, 2.45) is 46.2 Å². The number of unbranched alkanes of at least 4 members (excludes halogenated alkanes) is 11. The number of nitrogens with two attached hydrogens (primary N) is 1. The van der Waals surface area contributed by atoms with Gasteiger partial charge in [0.15, 0.2) is 0 Å². The lowest BCUT2D eigenvalue weighted by molar-refractivity contribution is -0.107. The molecule has 1 aliphatic heterocycles. The van der Waals surface area contributed by atoms with Crippen molar-refractivity contribution in [3.63, 3.8) is 0 Å². The summed E-state index contributed by atoms with van der Waals surface area (Å²) in [5.74, 6) is 3.37. The molecule has 0 aromatic rings. The molecule has 10 atom stereocenters. The average Bonchev–Trinajstić information content (AvgIpc) is 3.75. The van der Waals surface area contributed by atoms with E-state index in [2.05, 4.69) is 90.7 Å². The Labute approximate surface area is 397 Å². The first kappa shape index (κ1) is 55.6. The van der Waals surface area contributed by atoms with E-state index in [1.165, 1.54) is 116 Å². The van der Waals surface area contributed by atoms with Crippen molar-refractivity contribution < 1.29 is 18.9 Å². The van der Waals surface area contributed by atoms with Gasteiger partial charge in [-0.3, -0.25) is 4.90 Å². The van der Waals surface area contributed by atoms with Crippen LogP contribution in [0.25, 0.3) is 0 Å². The molecule has 2 N–H and O–H groups in total. The highest BCUT2D eigenvalue weighted by molar-refractivity contribution is 5.27. The van der Waals surface area contributed by atoms with E-state index in [0.717, 1.165) is 77.1 Å². The van der Waals surface area contributed by atoms with Crippen LogP contribution in [0.4, 0.5) is 0 Å². The van der Waals surface area contributed by atoms with Gasteiger partial charge in [0.1, 0.15) is 0 Å². The normalized spacial score (nSPS) is 30.3. The molecule has 4 rings (SSSR count). The van der Waals surface area contributed by atoms with Crippen molar-refractivity contribution in [1.82, 2.24) is 4.90 Å². The van der Waals surface area contributed by atoms with E-state index in [1.54, 1.807) is 5.57 Å². The van der Waals surface area contributed by atoms with Gasteiger partial charge in [0.25, 0.3) is 0 Å². The quantitative estimate of drug-likeness (QED) is 0.0513. The minimum atomic E-state index is -0.125. The van der Waals surface area contributed by atoms with E-state index < -0.39 is 0 Å². The third kappa shape index (κ3) is 16.9. The maximum Gasteiger partial charge on any atom is 0.0936 e. The van der Waals surface area contributed by atoms with Crippen molar-refractivity contribution in [2.45, 2.75) is 240 Å². The molecule has 6 nitrogen and oxygen atoms in total. The standard InChI is InChI=1S/C58H106N2O4/c1-10-12-13-14-15-16-17-18-19-20-21-22-23-24-25-26-27-28-40-62-46-53(45-60-39-36-52(44-60)61-9)64-42-41-63-51-34-37-56(7)50(43-51)32-33-55-54(56)35-38-57(8,58(55,59)11-2)49(6)48(5)31-29-30-47(3)4/h15-16,18-19,32,47-49,51-55H,10-14,17,20-31,33-46,59H2,1-9H3/b16-15-,19-18-/t48-,49-,51+,52?,53?,54+,55-,56+,57-,58-/m1/s1. The van der Waals surface area contributed by atoms with E-state index in [1.807, 2.05) is 7.11 Å². The molecule has 1 heterocycles. The van der Waals surface area contributed by atoms with Gasteiger partial charge in [0, 0.05) is 38.9 Å². The molecule has 3 aliphatic carbocycles. The molecule has 3 fully saturated rings. The fraction of sp³-hybridized carbons (Fsp3) is 0.897. The molecule has 4 aliphatic rings. The van der Waals surface area contributed by atoms with Crippen LogP contribution in [0.15, 0.2) is 36.0 Å². The van der Waals surface area contributed by atoms with E-state index in [-0.39, 0.29) is 28.6 Å². The predicted octanol–water partition coefficient (Wildman–Crippen LogP) is 14.8. The Morgan fingerprint density at radius 3 is 2.14 bits per heavy atom. The van der Waals surface area contributed by atoms with Crippen LogP contribution in [0.5, 0.6) is 0 Å². The number of nitrogens with zero attached hydrogens (tertiary/aromatic N) is 1. The summed E-state index contributed by atoms with van der Waals surface area (Å²) in [7, 11) is 1.84. The Hall–Kier alpha value is -1.02. The largest absolute Gasteiger partial charge is 0.380 e. The van der Waals surface area contributed by atoms with Gasteiger partial charge in [0.05, 0.1) is 38.1 Å². The highest BCUT2D eigenvalue weighted by Crippen LogP contribution is 2.64. The molecule has 0 spiro atoms. The van der Waals surface area contributed by atoms with E-state index >= 15 is 0 Å². The second-order valence-electron chi connectivity index (χ2n) is 22.5. The molecule has 0 aromatic carbocycles. The number of hydrogen-bond donors (Lipinski definition) is 1. The van der Waals surface area contributed by atoms with E-state index in [9.17, 15) is 0 Å². The zero-order chi connectivity index (χ0) is 46.3. The SMILES string of the molecule is CCCCC/C=C\C/C=C\CCCCCCCCCCOCC(CN1CCC(OC)C1)OCCO[C@H]1CC[C@@]2(C)C(=CC[C@@H]3[C@@H]2CC[C@](C)([C@H](C)[C@H](C)CCCC(C)C)[C@@]3(N)CC)C1. The Morgan fingerprint density at radius 1 is 0.766 bits per heavy atom. The number of rotatable bonds is 34. The van der Waals surface area contributed by atoms with Crippen LogP contribution in [0.3, 0.4) is 0 Å². The Kier molecular flexibility index (Phi) is 25.9. The van der Waals surface area contributed by atoms with Gasteiger partial charge in [0.2, 0.25) is 0 Å². The molecule has 0 radical (unpaired) electrons. The molecule has 6 heteroatoms. The molecular weight excluding hydrogens is 789 g/mol. The molecule has 64 heavy (non-hydrogen) atoms. The molecular formula is C58H106N2O4. The zero-order valence-electron chi connectivity index (χ0n) is 43.8. The van der Waals surface area contributed by atoms with Gasteiger partial charge < -0.3 is 24.7 Å². The third-order valence-corrected chi connectivity index (χ3v) is 17.8. The van der Waals surface area contributed by atoms with Gasteiger partial charge >= 0.3 is 0 Å². The van der Waals surface area contributed by atoms with Crippen molar-refractivity contribution >= 4 is 0 Å². The summed E-state index contributed by atoms with van der Waals surface area (Å²) < 4.78 is 25.2. The van der Waals surface area contributed by atoms with Gasteiger partial charge in [-0.15, -0.1) is 0 Å². The molecule has 1 saturated heterocycles. The van der Waals surface area contributed by atoms with Crippen LogP contribution < -0.4 is 5.73 Å². The predicted molar refractivity (Wildman–Crippen MR) is 274 cm³/mol. The Balaban J connectivity index is 1.14. The highest BCUT2D eigenvalue weighted by Gasteiger charge is 2.61. The molecule has 372 valence electrons. The second-order valence-corrected chi connectivity index (χ2v) is 22.5. The van der Waals surface area contributed by atoms with Gasteiger partial charge in [-0.2, -0.15) is 0 Å². The van der Waals surface area contributed by atoms with E-state index in [4.69, 9.17) is 24.7 Å². The lowest BCUT2D eigenvalue weighted by Crippen LogP contribution is -2.68. The van der Waals surface area contributed by atoms with Gasteiger partial charge in [-0.25, -0.2) is 0 Å². The third-order valence-electron chi connectivity index (χ3n) is 17.8. The fourth-order valence-corrected chi connectivity index (χ4v) is 13.0. The summed E-state index contributed by atoms with van der Waals surface area (Å²) in [6, 6.07) is 0. The van der Waals surface area contributed by atoms with Crippen molar-refractivity contribution in [2.75, 3.05) is 53.2 Å². The maximum absolute atomic E-state index is 7.80. The topological polar surface area (TPSA) is 66.2 Å². The van der Waals surface area contributed by atoms with Crippen LogP contribution >= 0.6 is 0 Å². The summed E-state index contributed by atoms with van der Waals surface area (Å²) in [5, 5.41) is 0. The first-order valence-electron chi connectivity index (χ1n) is 27.8. The van der Waals surface area contributed by atoms with Crippen LogP contribution in [-0.4, -0.2) is 81.9 Å². The molecule has 0 amide bonds. The molecule has 0 aromatic heterocycles. The summed E-state index contributed by atoms with van der Waals surface area (Å²) in [5.41, 5.74) is 9.75. The molecule has 2 saturated carbocycles. The first-order valence-corrected chi connectivity index (χ1v) is 27.8. The summed E-state index contributed by atoms with van der Waals surface area (Å²) in [6.45, 7) is 25.4. The second kappa shape index (κ2) is 29.8. The summed E-state index contributed by atoms with van der Waals surface area (Å²) in [4.78, 5) is 2.50. The maximum atomic E-state index is 7.80. The zero-order valence-corrected chi connectivity index (χ0v) is 43.8. The average molecular weight is 895 g/mol. The monoisotopic (exact) mass is 895 g/mol. The number of allylic oxidation sites excluding steroid dienone is 5. The van der Waals surface area contributed by atoms with Crippen molar-refractivity contribution in [3.8, 4) is 0 Å². The van der Waals surface area contributed by atoms with Crippen LogP contribution in [0.2, 0.25) is 0 Å². The van der Waals surface area contributed by atoms with Crippen molar-refractivity contribution in [3.05, 3.63) is 36.0 Å². The number of likely N-dealkylation sites (tertiary alicyclic amines) is 1. The van der Waals surface area contributed by atoms with Gasteiger partial charge in [-0.1, -0.05) is 162 Å². The summed E-state index contributed by atoms with van der Waals surface area (Å²) in [6.07, 6.45) is 44.1. The summed E-state index contributed by atoms with van der Waals surface area (Å²) >= 11 is 0. The lowest BCUT2D eigenvalue weighted by atomic mass is 9.42.